The Morgan fingerprint density at radius 2 is 1.36 bits per heavy atom. The highest BCUT2D eigenvalue weighted by atomic mass is 32.2. The molecule has 0 N–H and O–H groups in total. The molecule has 7 heteroatoms. The molecular formula is C32H39N3O3S. The predicted octanol–water partition coefficient (Wildman–Crippen LogP) is 5.29. The van der Waals surface area contributed by atoms with Crippen molar-refractivity contribution in [2.45, 2.75) is 38.1 Å². The van der Waals surface area contributed by atoms with Crippen LogP contribution in [0.25, 0.3) is 0 Å². The second kappa shape index (κ2) is 13.2. The Balaban J connectivity index is 1.59. The van der Waals surface area contributed by atoms with Crippen LogP contribution >= 0.6 is 0 Å². The SMILES string of the molecule is C=C1CN(C(=O)c2ccc(C)cc2)CCCN(Cc2ccccc2)CCCN(S(=O)(=O)c2ccc(C)cc2)C1. The Morgan fingerprint density at radius 1 is 0.769 bits per heavy atom. The van der Waals surface area contributed by atoms with Gasteiger partial charge in [-0.1, -0.05) is 72.3 Å². The molecule has 0 unspecified atom stereocenters. The van der Waals surface area contributed by atoms with Gasteiger partial charge in [0.25, 0.3) is 5.91 Å². The van der Waals surface area contributed by atoms with Gasteiger partial charge in [-0.2, -0.15) is 4.31 Å². The predicted molar refractivity (Wildman–Crippen MR) is 157 cm³/mol. The molecule has 1 saturated heterocycles. The molecule has 1 aliphatic heterocycles. The number of carbonyl (C=O) groups excluding carboxylic acids is 1. The van der Waals surface area contributed by atoms with Crippen LogP contribution in [-0.4, -0.2) is 67.7 Å². The van der Waals surface area contributed by atoms with Crippen LogP contribution in [0.4, 0.5) is 0 Å². The average Bonchev–Trinajstić information content (AvgIpc) is 2.92. The zero-order valence-corrected chi connectivity index (χ0v) is 23.9. The molecule has 0 radical (unpaired) electrons. The zero-order chi connectivity index (χ0) is 27.8. The number of hydrogen-bond acceptors (Lipinski definition) is 4. The van der Waals surface area contributed by atoms with Gasteiger partial charge >= 0.3 is 0 Å². The smallest absolute Gasteiger partial charge is 0.254 e. The third-order valence-electron chi connectivity index (χ3n) is 7.09. The van der Waals surface area contributed by atoms with Gasteiger partial charge in [-0.3, -0.25) is 9.69 Å². The first-order chi connectivity index (χ1) is 18.7. The van der Waals surface area contributed by atoms with E-state index in [-0.39, 0.29) is 17.3 Å². The monoisotopic (exact) mass is 545 g/mol. The standard InChI is InChI=1S/C32H39N3O3S/c1-26-11-15-30(16-12-26)32(36)34-21-7-19-33(25-29-9-5-4-6-10-29)20-8-22-35(24-28(3)23-34)39(37,38)31-17-13-27(2)14-18-31/h4-6,9-18H,3,7-8,19-25H2,1-2H3. The third kappa shape index (κ3) is 7.88. The molecule has 1 aliphatic rings. The summed E-state index contributed by atoms with van der Waals surface area (Å²) in [5, 5.41) is 0. The summed E-state index contributed by atoms with van der Waals surface area (Å²) in [6, 6.07) is 24.9. The van der Waals surface area contributed by atoms with Gasteiger partial charge in [-0.05, 0) is 68.6 Å². The van der Waals surface area contributed by atoms with Crippen molar-refractivity contribution in [1.82, 2.24) is 14.1 Å². The Hall–Kier alpha value is -3.26. The van der Waals surface area contributed by atoms with E-state index in [4.69, 9.17) is 0 Å². The molecule has 1 heterocycles. The molecule has 0 bridgehead atoms. The van der Waals surface area contributed by atoms with Crippen molar-refractivity contribution in [3.8, 4) is 0 Å². The van der Waals surface area contributed by atoms with E-state index >= 15 is 0 Å². The molecule has 0 saturated carbocycles. The van der Waals surface area contributed by atoms with Crippen molar-refractivity contribution in [2.24, 2.45) is 0 Å². The summed E-state index contributed by atoms with van der Waals surface area (Å²) in [7, 11) is -3.72. The number of sulfonamides is 1. The first kappa shape index (κ1) is 28.7. The topological polar surface area (TPSA) is 60.9 Å². The van der Waals surface area contributed by atoms with E-state index in [0.29, 0.717) is 37.2 Å². The summed E-state index contributed by atoms with van der Waals surface area (Å²) in [5.41, 5.74) is 4.65. The van der Waals surface area contributed by atoms with Gasteiger partial charge in [-0.15, -0.1) is 0 Å². The lowest BCUT2D eigenvalue weighted by Gasteiger charge is -2.31. The highest BCUT2D eigenvalue weighted by Gasteiger charge is 2.27. The van der Waals surface area contributed by atoms with Crippen LogP contribution in [0.2, 0.25) is 0 Å². The van der Waals surface area contributed by atoms with E-state index < -0.39 is 10.0 Å². The van der Waals surface area contributed by atoms with Crippen molar-refractivity contribution in [1.29, 1.82) is 0 Å². The molecule has 3 aromatic carbocycles. The molecule has 0 aliphatic carbocycles. The van der Waals surface area contributed by atoms with Crippen molar-refractivity contribution >= 4 is 15.9 Å². The van der Waals surface area contributed by atoms with Gasteiger partial charge in [-0.25, -0.2) is 8.42 Å². The molecule has 206 valence electrons. The minimum atomic E-state index is -3.72. The number of benzene rings is 3. The number of rotatable bonds is 5. The van der Waals surface area contributed by atoms with Crippen molar-refractivity contribution in [2.75, 3.05) is 39.3 Å². The lowest BCUT2D eigenvalue weighted by Crippen LogP contribution is -2.41. The highest BCUT2D eigenvalue weighted by molar-refractivity contribution is 7.89. The Bertz CT molecular complexity index is 1350. The zero-order valence-electron chi connectivity index (χ0n) is 23.1. The molecule has 0 spiro atoms. The Kier molecular flexibility index (Phi) is 9.73. The van der Waals surface area contributed by atoms with E-state index in [0.717, 1.165) is 37.2 Å². The van der Waals surface area contributed by atoms with E-state index in [1.54, 1.807) is 12.1 Å². The van der Waals surface area contributed by atoms with Crippen LogP contribution in [0.3, 0.4) is 0 Å². The number of carbonyl (C=O) groups is 1. The fourth-order valence-electron chi connectivity index (χ4n) is 4.91. The number of aryl methyl sites for hydroxylation is 2. The molecule has 0 atom stereocenters. The van der Waals surface area contributed by atoms with E-state index in [2.05, 4.69) is 23.6 Å². The normalized spacial score (nSPS) is 16.9. The molecule has 1 amide bonds. The summed E-state index contributed by atoms with van der Waals surface area (Å²) >= 11 is 0. The highest BCUT2D eigenvalue weighted by Crippen LogP contribution is 2.20. The molecule has 3 aromatic rings. The minimum absolute atomic E-state index is 0.0595. The fraction of sp³-hybridized carbons (Fsp3) is 0.344. The lowest BCUT2D eigenvalue weighted by molar-refractivity contribution is 0.0758. The van der Waals surface area contributed by atoms with Crippen LogP contribution in [0.1, 0.15) is 39.9 Å². The molecule has 4 rings (SSSR count). The van der Waals surface area contributed by atoms with Gasteiger partial charge in [0, 0.05) is 44.8 Å². The quantitative estimate of drug-likeness (QED) is 0.409. The average molecular weight is 546 g/mol. The van der Waals surface area contributed by atoms with Crippen LogP contribution < -0.4 is 0 Å². The summed E-state index contributed by atoms with van der Waals surface area (Å²) in [5.74, 6) is -0.0595. The summed E-state index contributed by atoms with van der Waals surface area (Å²) < 4.78 is 28.9. The minimum Gasteiger partial charge on any atom is -0.335 e. The first-order valence-electron chi connectivity index (χ1n) is 13.6. The van der Waals surface area contributed by atoms with Gasteiger partial charge in [0.2, 0.25) is 10.0 Å². The van der Waals surface area contributed by atoms with E-state index in [9.17, 15) is 13.2 Å². The van der Waals surface area contributed by atoms with Crippen LogP contribution in [0, 0.1) is 13.8 Å². The Labute approximate surface area is 233 Å². The third-order valence-corrected chi connectivity index (χ3v) is 8.95. The van der Waals surface area contributed by atoms with Crippen molar-refractivity contribution in [3.05, 3.63) is 113 Å². The second-order valence-corrected chi connectivity index (χ2v) is 12.4. The van der Waals surface area contributed by atoms with Gasteiger partial charge in [0.15, 0.2) is 0 Å². The van der Waals surface area contributed by atoms with Crippen LogP contribution in [0.15, 0.2) is 95.9 Å². The maximum absolute atomic E-state index is 13.7. The maximum Gasteiger partial charge on any atom is 0.254 e. The largest absolute Gasteiger partial charge is 0.335 e. The number of amides is 1. The number of hydrogen-bond donors (Lipinski definition) is 0. The van der Waals surface area contributed by atoms with Crippen LogP contribution in [-0.2, 0) is 16.6 Å². The van der Waals surface area contributed by atoms with E-state index in [1.807, 2.05) is 73.3 Å². The molecular weight excluding hydrogens is 506 g/mol. The second-order valence-electron chi connectivity index (χ2n) is 10.5. The van der Waals surface area contributed by atoms with E-state index in [1.165, 1.54) is 9.87 Å². The first-order valence-corrected chi connectivity index (χ1v) is 15.0. The summed E-state index contributed by atoms with van der Waals surface area (Å²) in [4.78, 5) is 18.0. The van der Waals surface area contributed by atoms with Crippen molar-refractivity contribution < 1.29 is 13.2 Å². The Morgan fingerprint density at radius 3 is 2.00 bits per heavy atom. The summed E-state index contributed by atoms with van der Waals surface area (Å²) in [6.45, 7) is 11.9. The number of nitrogens with zero attached hydrogens (tertiary/aromatic N) is 3. The van der Waals surface area contributed by atoms with Gasteiger partial charge in [0.1, 0.15) is 0 Å². The molecule has 0 aromatic heterocycles. The molecule has 39 heavy (non-hydrogen) atoms. The van der Waals surface area contributed by atoms with Crippen LogP contribution in [0.5, 0.6) is 0 Å². The lowest BCUT2D eigenvalue weighted by atomic mass is 10.1. The summed E-state index contributed by atoms with van der Waals surface area (Å²) in [6.07, 6.45) is 1.53. The molecule has 6 nitrogen and oxygen atoms in total. The van der Waals surface area contributed by atoms with Crippen molar-refractivity contribution in [3.63, 3.8) is 0 Å². The maximum atomic E-state index is 13.7. The van der Waals surface area contributed by atoms with Gasteiger partial charge < -0.3 is 4.90 Å². The fourth-order valence-corrected chi connectivity index (χ4v) is 6.41. The van der Waals surface area contributed by atoms with Gasteiger partial charge in [0.05, 0.1) is 4.90 Å². The molecule has 1 fully saturated rings.